The third-order valence-electron chi connectivity index (χ3n) is 1.91. The van der Waals surface area contributed by atoms with Crippen LogP contribution in [-0.4, -0.2) is 4.98 Å². The van der Waals surface area contributed by atoms with Gasteiger partial charge < -0.3 is 5.73 Å². The monoisotopic (exact) mass is 258 g/mol. The van der Waals surface area contributed by atoms with Gasteiger partial charge in [-0.25, -0.2) is 4.98 Å². The molecule has 1 heterocycles. The second kappa shape index (κ2) is 4.49. The number of thiazole rings is 1. The van der Waals surface area contributed by atoms with Gasteiger partial charge in [0.05, 0.1) is 4.88 Å². The van der Waals surface area contributed by atoms with E-state index in [4.69, 9.17) is 28.9 Å². The number of hydrogen-bond donors (Lipinski definition) is 1. The Morgan fingerprint density at radius 3 is 2.73 bits per heavy atom. The van der Waals surface area contributed by atoms with Gasteiger partial charge in [0.1, 0.15) is 10.2 Å². The number of benzene rings is 1. The zero-order valence-electron chi connectivity index (χ0n) is 7.71. The summed E-state index contributed by atoms with van der Waals surface area (Å²) in [5.74, 6) is 0. The molecule has 0 aliphatic heterocycles. The fraction of sp³-hybridized carbons (Fsp3) is 0.100. The van der Waals surface area contributed by atoms with Gasteiger partial charge in [0.15, 0.2) is 0 Å². The molecule has 0 spiro atoms. The molecular formula is C10H8Cl2N2S. The highest BCUT2D eigenvalue weighted by molar-refractivity contribution is 7.15. The number of rotatable bonds is 2. The summed E-state index contributed by atoms with van der Waals surface area (Å²) in [5.41, 5.74) is 6.50. The first kappa shape index (κ1) is 10.9. The van der Waals surface area contributed by atoms with E-state index in [0.29, 0.717) is 16.7 Å². The van der Waals surface area contributed by atoms with Crippen molar-refractivity contribution < 1.29 is 0 Å². The molecule has 2 N–H and O–H groups in total. The van der Waals surface area contributed by atoms with Crippen molar-refractivity contribution in [2.45, 2.75) is 6.54 Å². The van der Waals surface area contributed by atoms with Gasteiger partial charge in [-0.2, -0.15) is 0 Å². The van der Waals surface area contributed by atoms with Crippen molar-refractivity contribution in [2.75, 3.05) is 0 Å². The van der Waals surface area contributed by atoms with Gasteiger partial charge in [0, 0.05) is 17.1 Å². The first-order valence-corrected chi connectivity index (χ1v) is 5.89. The molecule has 0 aliphatic rings. The van der Waals surface area contributed by atoms with Gasteiger partial charge in [-0.3, -0.25) is 0 Å². The van der Waals surface area contributed by atoms with Gasteiger partial charge >= 0.3 is 0 Å². The summed E-state index contributed by atoms with van der Waals surface area (Å²) in [6.07, 6.45) is 0. The summed E-state index contributed by atoms with van der Waals surface area (Å²) < 4.78 is 0. The zero-order chi connectivity index (χ0) is 10.8. The fourth-order valence-electron chi connectivity index (χ4n) is 1.20. The van der Waals surface area contributed by atoms with Crippen LogP contribution in [0.2, 0.25) is 10.2 Å². The van der Waals surface area contributed by atoms with E-state index < -0.39 is 0 Å². The van der Waals surface area contributed by atoms with E-state index >= 15 is 0 Å². The summed E-state index contributed by atoms with van der Waals surface area (Å²) in [6.45, 7) is 0.414. The molecule has 1 aromatic heterocycles. The van der Waals surface area contributed by atoms with Crippen LogP contribution >= 0.6 is 34.5 Å². The van der Waals surface area contributed by atoms with Crippen molar-refractivity contribution in [1.29, 1.82) is 0 Å². The maximum absolute atomic E-state index is 5.92. The van der Waals surface area contributed by atoms with Crippen LogP contribution < -0.4 is 5.73 Å². The van der Waals surface area contributed by atoms with Gasteiger partial charge in [-0.1, -0.05) is 35.3 Å². The Morgan fingerprint density at radius 2 is 2.13 bits per heavy atom. The summed E-state index contributed by atoms with van der Waals surface area (Å²) in [4.78, 5) is 5.13. The SMILES string of the molecule is NCc1sc(-c2cccc(Cl)c2)nc1Cl. The molecule has 1 aromatic carbocycles. The van der Waals surface area contributed by atoms with Crippen LogP contribution in [0.1, 0.15) is 4.88 Å². The van der Waals surface area contributed by atoms with Crippen LogP contribution in [0.4, 0.5) is 0 Å². The van der Waals surface area contributed by atoms with Crippen molar-refractivity contribution in [3.05, 3.63) is 39.3 Å². The highest BCUT2D eigenvalue weighted by Crippen LogP contribution is 2.31. The highest BCUT2D eigenvalue weighted by Gasteiger charge is 2.09. The molecule has 0 radical (unpaired) electrons. The maximum atomic E-state index is 5.92. The fourth-order valence-corrected chi connectivity index (χ4v) is 2.55. The van der Waals surface area contributed by atoms with Gasteiger partial charge in [0.25, 0.3) is 0 Å². The van der Waals surface area contributed by atoms with Crippen LogP contribution in [0.15, 0.2) is 24.3 Å². The molecule has 0 atom stereocenters. The molecule has 2 aromatic rings. The third-order valence-corrected chi connectivity index (χ3v) is 3.69. The summed E-state index contributed by atoms with van der Waals surface area (Å²) in [5, 5.41) is 2.02. The quantitative estimate of drug-likeness (QED) is 0.895. The Balaban J connectivity index is 2.45. The molecule has 0 saturated carbocycles. The van der Waals surface area contributed by atoms with E-state index in [-0.39, 0.29) is 0 Å². The minimum atomic E-state index is 0.414. The molecule has 0 aliphatic carbocycles. The molecule has 0 unspecified atom stereocenters. The van der Waals surface area contributed by atoms with E-state index in [9.17, 15) is 0 Å². The second-order valence-corrected chi connectivity index (χ2v) is 4.83. The summed E-state index contributed by atoms with van der Waals surface area (Å²) in [6, 6.07) is 7.51. The number of aromatic nitrogens is 1. The molecule has 2 nitrogen and oxygen atoms in total. The largest absolute Gasteiger partial charge is 0.326 e. The lowest BCUT2D eigenvalue weighted by Gasteiger charge is -1.95. The first-order chi connectivity index (χ1) is 7.20. The Labute approximate surface area is 102 Å². The molecule has 78 valence electrons. The number of nitrogens with two attached hydrogens (primary N) is 1. The number of nitrogens with zero attached hydrogens (tertiary/aromatic N) is 1. The summed E-state index contributed by atoms with van der Waals surface area (Å²) >= 11 is 13.3. The molecule has 0 fully saturated rings. The normalized spacial score (nSPS) is 10.6. The van der Waals surface area contributed by atoms with Crippen LogP contribution in [0.5, 0.6) is 0 Å². The minimum Gasteiger partial charge on any atom is -0.326 e. The Kier molecular flexibility index (Phi) is 3.26. The van der Waals surface area contributed by atoms with E-state index in [1.807, 2.05) is 24.3 Å². The minimum absolute atomic E-state index is 0.414. The smallest absolute Gasteiger partial charge is 0.145 e. The molecular weight excluding hydrogens is 251 g/mol. The van der Waals surface area contributed by atoms with E-state index in [2.05, 4.69) is 4.98 Å². The number of hydrogen-bond acceptors (Lipinski definition) is 3. The van der Waals surface area contributed by atoms with Crippen LogP contribution in [-0.2, 0) is 6.54 Å². The predicted molar refractivity (Wildman–Crippen MR) is 65.5 cm³/mol. The lowest BCUT2D eigenvalue weighted by atomic mass is 10.2. The average Bonchev–Trinajstić information content (AvgIpc) is 2.60. The summed E-state index contributed by atoms with van der Waals surface area (Å²) in [7, 11) is 0. The molecule has 5 heteroatoms. The van der Waals surface area contributed by atoms with E-state index in [1.165, 1.54) is 11.3 Å². The molecule has 15 heavy (non-hydrogen) atoms. The topological polar surface area (TPSA) is 38.9 Å². The van der Waals surface area contributed by atoms with Crippen molar-refractivity contribution in [1.82, 2.24) is 4.98 Å². The van der Waals surface area contributed by atoms with E-state index in [1.54, 1.807) is 0 Å². The highest BCUT2D eigenvalue weighted by atomic mass is 35.5. The number of halogens is 2. The molecule has 0 bridgehead atoms. The van der Waals surface area contributed by atoms with Crippen molar-refractivity contribution >= 4 is 34.5 Å². The average molecular weight is 259 g/mol. The van der Waals surface area contributed by atoms with Crippen molar-refractivity contribution in [3.8, 4) is 10.6 Å². The van der Waals surface area contributed by atoms with Gasteiger partial charge in [0.2, 0.25) is 0 Å². The third kappa shape index (κ3) is 2.32. The zero-order valence-corrected chi connectivity index (χ0v) is 10.0. The van der Waals surface area contributed by atoms with Crippen LogP contribution in [0, 0.1) is 0 Å². The molecule has 0 saturated heterocycles. The van der Waals surface area contributed by atoms with Crippen LogP contribution in [0.3, 0.4) is 0 Å². The lowest BCUT2D eigenvalue weighted by molar-refractivity contribution is 1.10. The van der Waals surface area contributed by atoms with Gasteiger partial charge in [-0.15, -0.1) is 11.3 Å². The molecule has 2 rings (SSSR count). The first-order valence-electron chi connectivity index (χ1n) is 4.32. The Hall–Kier alpha value is -0.610. The standard InChI is InChI=1S/C10H8Cl2N2S/c11-7-3-1-2-6(4-7)10-14-9(12)8(5-13)15-10/h1-4H,5,13H2. The van der Waals surface area contributed by atoms with Crippen LogP contribution in [0.25, 0.3) is 10.6 Å². The second-order valence-electron chi connectivity index (χ2n) is 2.95. The van der Waals surface area contributed by atoms with Crippen molar-refractivity contribution in [3.63, 3.8) is 0 Å². The van der Waals surface area contributed by atoms with E-state index in [0.717, 1.165) is 15.4 Å². The van der Waals surface area contributed by atoms with Gasteiger partial charge in [-0.05, 0) is 12.1 Å². The van der Waals surface area contributed by atoms with Crippen molar-refractivity contribution in [2.24, 2.45) is 5.73 Å². The molecule has 0 amide bonds. The predicted octanol–water partition coefficient (Wildman–Crippen LogP) is 3.58. The lowest BCUT2D eigenvalue weighted by Crippen LogP contribution is -1.92. The Bertz CT molecular complexity index is 482. The Morgan fingerprint density at radius 1 is 1.33 bits per heavy atom. The maximum Gasteiger partial charge on any atom is 0.145 e.